The van der Waals surface area contributed by atoms with E-state index in [1.54, 1.807) is 6.20 Å². The lowest BCUT2D eigenvalue weighted by Gasteiger charge is -2.26. The van der Waals surface area contributed by atoms with Crippen molar-refractivity contribution in [1.82, 2.24) is 20.2 Å². The van der Waals surface area contributed by atoms with Crippen molar-refractivity contribution in [2.24, 2.45) is 0 Å². The summed E-state index contributed by atoms with van der Waals surface area (Å²) in [7, 11) is 0. The van der Waals surface area contributed by atoms with Gasteiger partial charge >= 0.3 is 0 Å². The fourth-order valence-corrected chi connectivity index (χ4v) is 3.51. The van der Waals surface area contributed by atoms with Crippen molar-refractivity contribution in [2.75, 3.05) is 0 Å². The highest BCUT2D eigenvalue weighted by molar-refractivity contribution is 7.71. The van der Waals surface area contributed by atoms with Crippen molar-refractivity contribution in [1.29, 1.82) is 0 Å². The van der Waals surface area contributed by atoms with Gasteiger partial charge in [0.15, 0.2) is 4.77 Å². The highest BCUT2D eigenvalue weighted by atomic mass is 35.5. The number of nitrogens with one attached hydrogen (secondary N) is 3. The van der Waals surface area contributed by atoms with Crippen LogP contribution in [-0.4, -0.2) is 20.2 Å². The third-order valence-electron chi connectivity index (χ3n) is 4.14. The van der Waals surface area contributed by atoms with Gasteiger partial charge in [0.25, 0.3) is 5.56 Å². The van der Waals surface area contributed by atoms with Gasteiger partial charge in [-0.15, -0.1) is 0 Å². The Kier molecular flexibility index (Phi) is 3.28. The zero-order chi connectivity index (χ0) is 16.1. The molecule has 0 saturated heterocycles. The fraction of sp³-hybridized carbons (Fsp3) is 0.267. The van der Waals surface area contributed by atoms with Gasteiger partial charge in [-0.25, -0.2) is 0 Å². The van der Waals surface area contributed by atoms with E-state index in [1.807, 2.05) is 13.0 Å². The van der Waals surface area contributed by atoms with Crippen LogP contribution in [0.25, 0.3) is 10.9 Å². The summed E-state index contributed by atoms with van der Waals surface area (Å²) < 4.78 is 6.27. The van der Waals surface area contributed by atoms with Crippen molar-refractivity contribution in [3.05, 3.63) is 49.1 Å². The molecule has 1 atom stereocenters. The molecular formula is C15H13ClN4O2S. The van der Waals surface area contributed by atoms with Crippen LogP contribution in [-0.2, 0) is 6.42 Å². The Labute approximate surface area is 140 Å². The molecule has 0 fully saturated rings. The summed E-state index contributed by atoms with van der Waals surface area (Å²) in [5, 5.41) is 8.64. The lowest BCUT2D eigenvalue weighted by molar-refractivity contribution is 0.168. The first-order chi connectivity index (χ1) is 11.0. The number of halogens is 1. The van der Waals surface area contributed by atoms with E-state index in [-0.39, 0.29) is 16.4 Å². The normalized spacial score (nSPS) is 17.0. The Bertz CT molecular complexity index is 1040. The van der Waals surface area contributed by atoms with E-state index in [0.29, 0.717) is 29.3 Å². The van der Waals surface area contributed by atoms with Crippen LogP contribution < -0.4 is 10.3 Å². The lowest BCUT2D eigenvalue weighted by atomic mass is 9.95. The van der Waals surface area contributed by atoms with Crippen molar-refractivity contribution in [2.45, 2.75) is 25.9 Å². The van der Waals surface area contributed by atoms with Gasteiger partial charge in [-0.05, 0) is 43.6 Å². The van der Waals surface area contributed by atoms with Gasteiger partial charge in [0.2, 0.25) is 5.88 Å². The van der Waals surface area contributed by atoms with Crippen LogP contribution in [0.5, 0.6) is 5.88 Å². The second-order valence-electron chi connectivity index (χ2n) is 5.61. The van der Waals surface area contributed by atoms with Crippen LogP contribution in [0.4, 0.5) is 0 Å². The first kappa shape index (κ1) is 14.5. The Morgan fingerprint density at radius 1 is 1.43 bits per heavy atom. The van der Waals surface area contributed by atoms with Crippen LogP contribution in [0.2, 0.25) is 5.02 Å². The van der Waals surface area contributed by atoms with Gasteiger partial charge in [0.05, 0.1) is 22.3 Å². The Balaban J connectivity index is 1.87. The SMILES string of the molecule is Cc1cc2[nH]ncc2c(C2CCc3c([nH]c(=S)[nH]c3=O)O2)c1Cl. The zero-order valence-electron chi connectivity index (χ0n) is 12.2. The molecule has 0 amide bonds. The summed E-state index contributed by atoms with van der Waals surface area (Å²) in [6.45, 7) is 1.95. The molecule has 3 heterocycles. The zero-order valence-corrected chi connectivity index (χ0v) is 13.8. The molecule has 3 N–H and O–H groups in total. The Morgan fingerprint density at radius 2 is 2.26 bits per heavy atom. The van der Waals surface area contributed by atoms with Gasteiger partial charge in [-0.2, -0.15) is 5.10 Å². The molecule has 23 heavy (non-hydrogen) atoms. The number of aryl methyl sites for hydroxylation is 1. The van der Waals surface area contributed by atoms with Gasteiger partial charge < -0.3 is 9.72 Å². The van der Waals surface area contributed by atoms with Gasteiger partial charge in [0.1, 0.15) is 6.10 Å². The van der Waals surface area contributed by atoms with Crippen molar-refractivity contribution in [3.8, 4) is 5.88 Å². The third-order valence-corrected chi connectivity index (χ3v) is 4.85. The minimum atomic E-state index is -0.262. The number of benzene rings is 1. The molecule has 1 unspecified atom stereocenters. The number of aromatic amines is 3. The maximum atomic E-state index is 12.0. The number of hydrogen-bond donors (Lipinski definition) is 3. The molecule has 1 aromatic carbocycles. The van der Waals surface area contributed by atoms with E-state index in [9.17, 15) is 4.79 Å². The minimum Gasteiger partial charge on any atom is -0.470 e. The summed E-state index contributed by atoms with van der Waals surface area (Å²) >= 11 is 11.5. The van der Waals surface area contributed by atoms with E-state index in [1.165, 1.54) is 0 Å². The van der Waals surface area contributed by atoms with E-state index in [0.717, 1.165) is 22.0 Å². The van der Waals surface area contributed by atoms with Crippen LogP contribution in [0.1, 0.15) is 29.2 Å². The van der Waals surface area contributed by atoms with Crippen molar-refractivity contribution >= 4 is 34.7 Å². The standard InChI is InChI=1S/C15H13ClN4O2S/c1-6-4-9-8(5-17-20-9)11(12(6)16)10-3-2-7-13(21)18-15(23)19-14(7)22-10/h4-5,10H,2-3H2,1H3,(H,17,20)(H2,18,19,21,23). The molecular weight excluding hydrogens is 336 g/mol. The highest BCUT2D eigenvalue weighted by Crippen LogP contribution is 2.39. The van der Waals surface area contributed by atoms with Crippen molar-refractivity contribution < 1.29 is 4.74 Å². The van der Waals surface area contributed by atoms with E-state index >= 15 is 0 Å². The average molecular weight is 349 g/mol. The first-order valence-electron chi connectivity index (χ1n) is 7.19. The monoisotopic (exact) mass is 348 g/mol. The number of aromatic nitrogens is 4. The number of fused-ring (bicyclic) bond motifs is 2. The highest BCUT2D eigenvalue weighted by Gasteiger charge is 2.28. The molecule has 6 nitrogen and oxygen atoms in total. The lowest BCUT2D eigenvalue weighted by Crippen LogP contribution is -2.24. The molecule has 0 bridgehead atoms. The predicted octanol–water partition coefficient (Wildman–Crippen LogP) is 3.34. The van der Waals surface area contributed by atoms with Gasteiger partial charge in [0, 0.05) is 10.9 Å². The van der Waals surface area contributed by atoms with Gasteiger partial charge in [-0.3, -0.25) is 14.9 Å². The second kappa shape index (κ2) is 5.21. The molecule has 0 aliphatic carbocycles. The van der Waals surface area contributed by atoms with Crippen LogP contribution in [0, 0.1) is 11.7 Å². The molecule has 0 radical (unpaired) electrons. The molecule has 118 valence electrons. The molecule has 8 heteroatoms. The minimum absolute atomic E-state index is 0.203. The molecule has 0 spiro atoms. The molecule has 1 aliphatic rings. The topological polar surface area (TPSA) is 86.6 Å². The van der Waals surface area contributed by atoms with Crippen LogP contribution >= 0.6 is 23.8 Å². The summed E-state index contributed by atoms with van der Waals surface area (Å²) in [4.78, 5) is 17.5. The summed E-state index contributed by atoms with van der Waals surface area (Å²) in [6, 6.07) is 1.96. The molecule has 3 aromatic rings. The van der Waals surface area contributed by atoms with E-state index in [4.69, 9.17) is 28.6 Å². The predicted molar refractivity (Wildman–Crippen MR) is 89.8 cm³/mol. The van der Waals surface area contributed by atoms with Crippen LogP contribution in [0.15, 0.2) is 17.1 Å². The Hall–Kier alpha value is -2.12. The number of H-pyrrole nitrogens is 3. The summed E-state index contributed by atoms with van der Waals surface area (Å²) in [5.41, 5.74) is 3.13. The Morgan fingerprint density at radius 3 is 3.09 bits per heavy atom. The number of ether oxygens (including phenoxy) is 1. The summed E-state index contributed by atoms with van der Waals surface area (Å²) in [6.07, 6.45) is 2.73. The number of hydrogen-bond acceptors (Lipinski definition) is 4. The second-order valence-corrected chi connectivity index (χ2v) is 6.40. The largest absolute Gasteiger partial charge is 0.470 e. The average Bonchev–Trinajstić information content (AvgIpc) is 2.95. The first-order valence-corrected chi connectivity index (χ1v) is 7.97. The fourth-order valence-electron chi connectivity index (χ4n) is 3.05. The van der Waals surface area contributed by atoms with E-state index in [2.05, 4.69) is 20.2 Å². The van der Waals surface area contributed by atoms with Crippen molar-refractivity contribution in [3.63, 3.8) is 0 Å². The van der Waals surface area contributed by atoms with E-state index < -0.39 is 0 Å². The smallest absolute Gasteiger partial charge is 0.258 e. The molecule has 1 aliphatic heterocycles. The number of rotatable bonds is 1. The summed E-state index contributed by atoms with van der Waals surface area (Å²) in [5.74, 6) is 0.421. The maximum absolute atomic E-state index is 12.0. The quantitative estimate of drug-likeness (QED) is 0.589. The van der Waals surface area contributed by atoms with Crippen LogP contribution in [0.3, 0.4) is 0 Å². The third kappa shape index (κ3) is 2.27. The molecule has 0 saturated carbocycles. The number of nitrogens with zero attached hydrogens (tertiary/aromatic N) is 1. The maximum Gasteiger partial charge on any atom is 0.258 e. The molecule has 4 rings (SSSR count). The van der Waals surface area contributed by atoms with Gasteiger partial charge in [-0.1, -0.05) is 11.6 Å². The molecule has 2 aromatic heterocycles.